The van der Waals surface area contributed by atoms with Crippen molar-refractivity contribution in [2.45, 2.75) is 56.8 Å². The molecule has 0 radical (unpaired) electrons. The summed E-state index contributed by atoms with van der Waals surface area (Å²) in [5.41, 5.74) is 0. The summed E-state index contributed by atoms with van der Waals surface area (Å²) < 4.78 is 57.4. The zero-order chi connectivity index (χ0) is 15.4. The van der Waals surface area contributed by atoms with Crippen molar-refractivity contribution in [3.05, 3.63) is 0 Å². The maximum Gasteiger partial charge on any atom is 0.367 e. The lowest BCUT2D eigenvalue weighted by molar-refractivity contribution is -0.149. The van der Waals surface area contributed by atoms with E-state index >= 15 is 0 Å². The van der Waals surface area contributed by atoms with Crippen molar-refractivity contribution in [3.8, 4) is 0 Å². The summed E-state index contributed by atoms with van der Waals surface area (Å²) in [5, 5.41) is -4.05. The SMILES string of the molecule is COC(=O)C(CC1CCCCC1)OS(=O)(=O)C(C)(F)F. The Hall–Kier alpha value is -0.760. The third-order valence-electron chi connectivity index (χ3n) is 3.42. The van der Waals surface area contributed by atoms with Gasteiger partial charge < -0.3 is 4.74 Å². The van der Waals surface area contributed by atoms with Gasteiger partial charge in [-0.25, -0.2) is 4.79 Å². The van der Waals surface area contributed by atoms with Gasteiger partial charge in [-0.3, -0.25) is 4.18 Å². The first kappa shape index (κ1) is 17.3. The maximum atomic E-state index is 12.9. The molecule has 0 aromatic heterocycles. The fourth-order valence-corrected chi connectivity index (χ4v) is 2.90. The molecule has 20 heavy (non-hydrogen) atoms. The van der Waals surface area contributed by atoms with Crippen LogP contribution < -0.4 is 0 Å². The molecule has 8 heteroatoms. The molecule has 118 valence electrons. The second-order valence-electron chi connectivity index (χ2n) is 5.11. The van der Waals surface area contributed by atoms with Gasteiger partial charge in [0.1, 0.15) is 0 Å². The number of ether oxygens (including phenoxy) is 1. The standard InChI is InChI=1S/C12H20F2O5S/c1-12(13,14)20(16,17)19-10(11(15)18-2)8-9-6-4-3-5-7-9/h9-10H,3-8H2,1-2H3. The Morgan fingerprint density at radius 3 is 2.30 bits per heavy atom. The van der Waals surface area contributed by atoms with E-state index in [4.69, 9.17) is 0 Å². The van der Waals surface area contributed by atoms with Crippen LogP contribution in [0.4, 0.5) is 8.78 Å². The summed E-state index contributed by atoms with van der Waals surface area (Å²) >= 11 is 0. The van der Waals surface area contributed by atoms with E-state index in [1.165, 1.54) is 0 Å². The summed E-state index contributed by atoms with van der Waals surface area (Å²) in [6, 6.07) is 0. The first-order valence-electron chi connectivity index (χ1n) is 6.56. The molecule has 1 fully saturated rings. The second-order valence-corrected chi connectivity index (χ2v) is 6.93. The molecule has 0 amide bonds. The van der Waals surface area contributed by atoms with E-state index in [1.807, 2.05) is 0 Å². The Bertz CT molecular complexity index is 424. The molecule has 1 unspecified atom stereocenters. The molecule has 1 aliphatic carbocycles. The molecule has 0 N–H and O–H groups in total. The van der Waals surface area contributed by atoms with Crippen LogP contribution in [0.15, 0.2) is 0 Å². The number of hydrogen-bond donors (Lipinski definition) is 0. The molecular weight excluding hydrogens is 294 g/mol. The largest absolute Gasteiger partial charge is 0.467 e. The Morgan fingerprint density at radius 1 is 1.30 bits per heavy atom. The first-order chi connectivity index (χ1) is 9.17. The number of halogens is 2. The van der Waals surface area contributed by atoms with Crippen LogP contribution in [-0.2, 0) is 23.8 Å². The Balaban J connectivity index is 2.77. The van der Waals surface area contributed by atoms with Gasteiger partial charge in [0.05, 0.1) is 7.11 Å². The van der Waals surface area contributed by atoms with Crippen LogP contribution in [0.1, 0.15) is 45.4 Å². The summed E-state index contributed by atoms with van der Waals surface area (Å²) in [5.74, 6) is -0.850. The molecule has 0 aliphatic heterocycles. The van der Waals surface area contributed by atoms with E-state index < -0.39 is 27.4 Å². The van der Waals surface area contributed by atoms with E-state index in [2.05, 4.69) is 8.92 Å². The molecule has 1 aliphatic rings. The van der Waals surface area contributed by atoms with Gasteiger partial charge >= 0.3 is 21.3 Å². The van der Waals surface area contributed by atoms with Crippen LogP contribution in [0.5, 0.6) is 0 Å². The lowest BCUT2D eigenvalue weighted by Gasteiger charge is -2.25. The van der Waals surface area contributed by atoms with Crippen molar-refractivity contribution in [2.75, 3.05) is 7.11 Å². The summed E-state index contributed by atoms with van der Waals surface area (Å²) in [6.45, 7) is 0.220. The quantitative estimate of drug-likeness (QED) is 0.556. The van der Waals surface area contributed by atoms with Crippen molar-refractivity contribution < 1.29 is 30.9 Å². The fourth-order valence-electron chi connectivity index (χ4n) is 2.27. The Labute approximate surface area is 117 Å². The number of methoxy groups -OCH3 is 1. The van der Waals surface area contributed by atoms with E-state index in [-0.39, 0.29) is 19.3 Å². The van der Waals surface area contributed by atoms with Gasteiger partial charge in [0.15, 0.2) is 6.10 Å². The van der Waals surface area contributed by atoms with Gasteiger partial charge in [-0.1, -0.05) is 32.1 Å². The van der Waals surface area contributed by atoms with Crippen molar-refractivity contribution in [1.29, 1.82) is 0 Å². The number of alkyl halides is 2. The van der Waals surface area contributed by atoms with E-state index in [9.17, 15) is 22.0 Å². The van der Waals surface area contributed by atoms with Crippen LogP contribution in [0.25, 0.3) is 0 Å². The van der Waals surface area contributed by atoms with E-state index in [1.54, 1.807) is 0 Å². The maximum absolute atomic E-state index is 12.9. The van der Waals surface area contributed by atoms with Crippen LogP contribution >= 0.6 is 0 Å². The molecule has 0 heterocycles. The molecule has 1 rings (SSSR count). The number of hydrogen-bond acceptors (Lipinski definition) is 5. The first-order valence-corrected chi connectivity index (χ1v) is 7.96. The Morgan fingerprint density at radius 2 is 1.85 bits per heavy atom. The monoisotopic (exact) mass is 314 g/mol. The van der Waals surface area contributed by atoms with Gasteiger partial charge in [-0.15, -0.1) is 0 Å². The van der Waals surface area contributed by atoms with E-state index in [0.717, 1.165) is 39.2 Å². The average molecular weight is 314 g/mol. The highest BCUT2D eigenvalue weighted by Gasteiger charge is 2.44. The second kappa shape index (κ2) is 6.80. The Kier molecular flexibility index (Phi) is 5.88. The predicted octanol–water partition coefficient (Wildman–Crippen LogP) is 2.46. The number of rotatable bonds is 6. The molecule has 5 nitrogen and oxygen atoms in total. The zero-order valence-electron chi connectivity index (χ0n) is 11.6. The third kappa shape index (κ3) is 4.66. The van der Waals surface area contributed by atoms with Crippen LogP contribution in [0.2, 0.25) is 0 Å². The molecule has 0 aromatic carbocycles. The van der Waals surface area contributed by atoms with E-state index in [0.29, 0.717) is 0 Å². The molecule has 0 spiro atoms. The summed E-state index contributed by atoms with van der Waals surface area (Å²) in [6.07, 6.45) is 3.30. The average Bonchev–Trinajstić information content (AvgIpc) is 2.36. The van der Waals surface area contributed by atoms with Gasteiger partial charge in [-0.05, 0) is 12.3 Å². The van der Waals surface area contributed by atoms with Crippen molar-refractivity contribution in [3.63, 3.8) is 0 Å². The predicted molar refractivity (Wildman–Crippen MR) is 67.6 cm³/mol. The smallest absolute Gasteiger partial charge is 0.367 e. The van der Waals surface area contributed by atoms with Gasteiger partial charge in [-0.2, -0.15) is 17.2 Å². The topological polar surface area (TPSA) is 69.7 Å². The normalized spacial score (nSPS) is 19.6. The van der Waals surface area contributed by atoms with Crippen LogP contribution in [0, 0.1) is 5.92 Å². The molecule has 1 saturated carbocycles. The molecule has 0 bridgehead atoms. The highest BCUT2D eigenvalue weighted by Crippen LogP contribution is 2.31. The number of carbonyl (C=O) groups is 1. The van der Waals surface area contributed by atoms with Crippen molar-refractivity contribution in [1.82, 2.24) is 0 Å². The summed E-state index contributed by atoms with van der Waals surface area (Å²) in [7, 11) is -4.07. The van der Waals surface area contributed by atoms with Crippen molar-refractivity contribution >= 4 is 16.1 Å². The number of esters is 1. The third-order valence-corrected chi connectivity index (χ3v) is 4.78. The highest BCUT2D eigenvalue weighted by atomic mass is 32.2. The van der Waals surface area contributed by atoms with Gasteiger partial charge in [0.25, 0.3) is 0 Å². The highest BCUT2D eigenvalue weighted by molar-refractivity contribution is 7.87. The van der Waals surface area contributed by atoms with Crippen LogP contribution in [-0.4, -0.2) is 32.9 Å². The molecular formula is C12H20F2O5S. The van der Waals surface area contributed by atoms with Gasteiger partial charge in [0, 0.05) is 6.92 Å². The minimum absolute atomic E-state index is 0.0853. The minimum Gasteiger partial charge on any atom is -0.467 e. The number of carbonyl (C=O) groups excluding carboxylic acids is 1. The summed E-state index contributed by atoms with van der Waals surface area (Å²) in [4.78, 5) is 11.5. The lowest BCUT2D eigenvalue weighted by Crippen LogP contribution is -2.36. The van der Waals surface area contributed by atoms with Gasteiger partial charge in [0.2, 0.25) is 0 Å². The van der Waals surface area contributed by atoms with Crippen molar-refractivity contribution in [2.24, 2.45) is 5.92 Å². The molecule has 0 saturated heterocycles. The molecule has 1 atom stereocenters. The minimum atomic E-state index is -5.14. The zero-order valence-corrected chi connectivity index (χ0v) is 12.4. The molecule has 0 aromatic rings. The van der Waals surface area contributed by atoms with Crippen LogP contribution in [0.3, 0.4) is 0 Å². The fraction of sp³-hybridized carbons (Fsp3) is 0.917. The lowest BCUT2D eigenvalue weighted by atomic mass is 9.85.